The molecule has 0 saturated heterocycles. The molecule has 0 saturated carbocycles. The molecule has 2 atom stereocenters. The van der Waals surface area contributed by atoms with E-state index in [2.05, 4.69) is 21.3 Å². The number of H-pyrrole nitrogens is 1. The van der Waals surface area contributed by atoms with Crippen LogP contribution in [0, 0.1) is 0 Å². The van der Waals surface area contributed by atoms with Crippen LogP contribution < -0.4 is 10.2 Å². The van der Waals surface area contributed by atoms with Gasteiger partial charge in [-0.3, -0.25) is 9.59 Å². The first kappa shape index (κ1) is 15.9. The summed E-state index contributed by atoms with van der Waals surface area (Å²) < 4.78 is 0. The lowest BCUT2D eigenvalue weighted by Gasteiger charge is -2.49. The molecule has 3 heterocycles. The van der Waals surface area contributed by atoms with Crippen LogP contribution in [0.1, 0.15) is 27.8 Å². The molecule has 0 bridgehead atoms. The lowest BCUT2D eigenvalue weighted by molar-refractivity contribution is -0.126. The van der Waals surface area contributed by atoms with Gasteiger partial charge in [-0.2, -0.15) is 0 Å². The standard InChI is InChI=1S/C21H20N4O2/c1-22-19(26)17-11-14-12-7-3-5-9-15(12)23-18(14)20-24(2)16-10-6-4-8-13(16)21(27)25(17)20/h3-10,17,20,23H,11H2,1-2H3,(H,22,26)/t17-,20-/m0/s1. The zero-order chi connectivity index (χ0) is 18.7. The van der Waals surface area contributed by atoms with E-state index in [1.807, 2.05) is 49.5 Å². The maximum atomic E-state index is 13.4. The second-order valence-corrected chi connectivity index (χ2v) is 7.11. The number of aromatic amines is 1. The molecule has 2 aromatic carbocycles. The molecule has 0 spiro atoms. The number of carbonyl (C=O) groups excluding carboxylic acids is 2. The van der Waals surface area contributed by atoms with Crippen LogP contribution in [-0.2, 0) is 11.2 Å². The van der Waals surface area contributed by atoms with Gasteiger partial charge in [-0.05, 0) is 23.8 Å². The van der Waals surface area contributed by atoms with Crippen molar-refractivity contribution in [2.75, 3.05) is 19.0 Å². The number of fused-ring (bicyclic) bond motifs is 6. The number of para-hydroxylation sites is 2. The number of likely N-dealkylation sites (N-methyl/N-ethyl adjacent to an activating group) is 1. The molecule has 6 heteroatoms. The van der Waals surface area contributed by atoms with Gasteiger partial charge in [0.25, 0.3) is 5.91 Å². The SMILES string of the molecule is CNC(=O)[C@@H]1Cc2c([nH]c3ccccc23)[C@H]2N(C)c3ccccc3C(=O)N12. The Labute approximate surface area is 156 Å². The molecule has 2 aliphatic rings. The van der Waals surface area contributed by atoms with E-state index in [1.165, 1.54) is 0 Å². The van der Waals surface area contributed by atoms with Crippen molar-refractivity contribution in [2.45, 2.75) is 18.6 Å². The molecule has 1 aromatic heterocycles. The number of amides is 2. The fourth-order valence-electron chi connectivity index (χ4n) is 4.51. The summed E-state index contributed by atoms with van der Waals surface area (Å²) in [6.07, 6.45) is 0.155. The lowest BCUT2D eigenvalue weighted by Crippen LogP contribution is -2.59. The Morgan fingerprint density at radius 3 is 2.70 bits per heavy atom. The van der Waals surface area contributed by atoms with E-state index in [0.29, 0.717) is 12.0 Å². The predicted molar refractivity (Wildman–Crippen MR) is 104 cm³/mol. The highest BCUT2D eigenvalue weighted by molar-refractivity contribution is 6.05. The Hall–Kier alpha value is -3.28. The van der Waals surface area contributed by atoms with Crippen LogP contribution in [0.4, 0.5) is 5.69 Å². The van der Waals surface area contributed by atoms with Crippen molar-refractivity contribution in [1.29, 1.82) is 0 Å². The fourth-order valence-corrected chi connectivity index (χ4v) is 4.51. The van der Waals surface area contributed by atoms with Gasteiger partial charge in [0.15, 0.2) is 0 Å². The zero-order valence-electron chi connectivity index (χ0n) is 15.2. The molecule has 0 aliphatic carbocycles. The van der Waals surface area contributed by atoms with E-state index >= 15 is 0 Å². The van der Waals surface area contributed by atoms with Gasteiger partial charge in [0.1, 0.15) is 12.2 Å². The third-order valence-corrected chi connectivity index (χ3v) is 5.77. The average Bonchev–Trinajstić information content (AvgIpc) is 3.08. The minimum absolute atomic E-state index is 0.105. The van der Waals surface area contributed by atoms with Gasteiger partial charge in [0, 0.05) is 31.4 Å². The highest BCUT2D eigenvalue weighted by atomic mass is 16.2. The van der Waals surface area contributed by atoms with Crippen LogP contribution >= 0.6 is 0 Å². The molecule has 5 rings (SSSR count). The van der Waals surface area contributed by atoms with E-state index in [4.69, 9.17) is 0 Å². The first-order valence-electron chi connectivity index (χ1n) is 9.07. The van der Waals surface area contributed by atoms with E-state index in [0.717, 1.165) is 27.8 Å². The van der Waals surface area contributed by atoms with E-state index in [9.17, 15) is 9.59 Å². The maximum Gasteiger partial charge on any atom is 0.258 e. The molecule has 2 amide bonds. The summed E-state index contributed by atoms with van der Waals surface area (Å²) in [4.78, 5) is 33.4. The second-order valence-electron chi connectivity index (χ2n) is 7.11. The number of nitrogens with zero attached hydrogens (tertiary/aromatic N) is 2. The summed E-state index contributed by atoms with van der Waals surface area (Å²) in [5, 5.41) is 3.85. The van der Waals surface area contributed by atoms with Crippen LogP contribution in [0.2, 0.25) is 0 Å². The molecular formula is C21H20N4O2. The van der Waals surface area contributed by atoms with E-state index in [1.54, 1.807) is 11.9 Å². The molecule has 6 nitrogen and oxygen atoms in total. The topological polar surface area (TPSA) is 68.4 Å². The summed E-state index contributed by atoms with van der Waals surface area (Å²) in [5.41, 5.74) is 4.64. The largest absolute Gasteiger partial charge is 0.357 e. The first-order valence-corrected chi connectivity index (χ1v) is 9.07. The van der Waals surface area contributed by atoms with Crippen LogP contribution in [0.3, 0.4) is 0 Å². The van der Waals surface area contributed by atoms with Crippen molar-refractivity contribution in [2.24, 2.45) is 0 Å². The van der Waals surface area contributed by atoms with Gasteiger partial charge in [-0.25, -0.2) is 0 Å². The van der Waals surface area contributed by atoms with Gasteiger partial charge in [0.05, 0.1) is 16.9 Å². The smallest absolute Gasteiger partial charge is 0.258 e. The molecule has 136 valence electrons. The predicted octanol–water partition coefficient (Wildman–Crippen LogP) is 2.43. The highest BCUT2D eigenvalue weighted by Crippen LogP contribution is 2.44. The summed E-state index contributed by atoms with van der Waals surface area (Å²) in [5.74, 6) is -0.247. The van der Waals surface area contributed by atoms with Crippen molar-refractivity contribution in [3.05, 3.63) is 65.4 Å². The van der Waals surface area contributed by atoms with Gasteiger partial charge in [-0.1, -0.05) is 30.3 Å². The minimum atomic E-state index is -0.546. The van der Waals surface area contributed by atoms with Crippen molar-refractivity contribution in [3.8, 4) is 0 Å². The molecule has 2 N–H and O–H groups in total. The summed E-state index contributed by atoms with van der Waals surface area (Å²) >= 11 is 0. The molecule has 27 heavy (non-hydrogen) atoms. The Kier molecular flexibility index (Phi) is 3.31. The number of aromatic nitrogens is 1. The number of nitrogens with one attached hydrogen (secondary N) is 2. The number of anilines is 1. The zero-order valence-corrected chi connectivity index (χ0v) is 15.2. The number of benzene rings is 2. The lowest BCUT2D eigenvalue weighted by atomic mass is 9.90. The van der Waals surface area contributed by atoms with Crippen molar-refractivity contribution in [1.82, 2.24) is 15.2 Å². The second kappa shape index (κ2) is 5.61. The van der Waals surface area contributed by atoms with Crippen LogP contribution in [0.15, 0.2) is 48.5 Å². The number of hydrogen-bond acceptors (Lipinski definition) is 3. The Morgan fingerprint density at radius 1 is 1.15 bits per heavy atom. The number of carbonyl (C=O) groups is 2. The monoisotopic (exact) mass is 360 g/mol. The van der Waals surface area contributed by atoms with Crippen molar-refractivity contribution in [3.63, 3.8) is 0 Å². The molecular weight excluding hydrogens is 340 g/mol. The fraction of sp³-hybridized carbons (Fsp3) is 0.238. The highest BCUT2D eigenvalue weighted by Gasteiger charge is 2.47. The Bertz CT molecular complexity index is 1090. The molecule has 0 fully saturated rings. The summed E-state index contributed by atoms with van der Waals surface area (Å²) in [6, 6.07) is 15.1. The molecule has 3 aromatic rings. The Morgan fingerprint density at radius 2 is 1.89 bits per heavy atom. The molecule has 0 unspecified atom stereocenters. The van der Waals surface area contributed by atoms with E-state index in [-0.39, 0.29) is 18.0 Å². The van der Waals surface area contributed by atoms with Crippen molar-refractivity contribution >= 4 is 28.4 Å². The summed E-state index contributed by atoms with van der Waals surface area (Å²) in [6.45, 7) is 0. The van der Waals surface area contributed by atoms with Gasteiger partial charge < -0.3 is 20.1 Å². The average molecular weight is 360 g/mol. The van der Waals surface area contributed by atoms with E-state index < -0.39 is 6.04 Å². The van der Waals surface area contributed by atoms with Crippen molar-refractivity contribution < 1.29 is 9.59 Å². The van der Waals surface area contributed by atoms with Gasteiger partial charge >= 0.3 is 0 Å². The van der Waals surface area contributed by atoms with Crippen LogP contribution in [-0.4, -0.2) is 41.8 Å². The Balaban J connectivity index is 1.78. The third kappa shape index (κ3) is 2.07. The number of rotatable bonds is 1. The normalized spacial score (nSPS) is 20.9. The third-order valence-electron chi connectivity index (χ3n) is 5.77. The molecule has 2 aliphatic heterocycles. The maximum absolute atomic E-state index is 13.4. The van der Waals surface area contributed by atoms with Crippen LogP contribution in [0.25, 0.3) is 10.9 Å². The quantitative estimate of drug-likeness (QED) is 0.700. The number of hydrogen-bond donors (Lipinski definition) is 2. The van der Waals surface area contributed by atoms with Gasteiger partial charge in [-0.15, -0.1) is 0 Å². The molecule has 0 radical (unpaired) electrons. The summed E-state index contributed by atoms with van der Waals surface area (Å²) in [7, 11) is 3.60. The van der Waals surface area contributed by atoms with Gasteiger partial charge in [0.2, 0.25) is 5.91 Å². The minimum Gasteiger partial charge on any atom is -0.357 e. The first-order chi connectivity index (χ1) is 13.1. The van der Waals surface area contributed by atoms with Crippen LogP contribution in [0.5, 0.6) is 0 Å².